The van der Waals surface area contributed by atoms with Crippen molar-refractivity contribution in [3.05, 3.63) is 59.4 Å². The Bertz CT molecular complexity index is 1020. The number of halogens is 4. The first-order valence-electron chi connectivity index (χ1n) is 8.10. The quantitative estimate of drug-likeness (QED) is 0.238. The minimum atomic E-state index is -4.92. The van der Waals surface area contributed by atoms with Crippen molar-refractivity contribution < 1.29 is 42.4 Å². The van der Waals surface area contributed by atoms with Crippen LogP contribution >= 0.6 is 11.8 Å². The molecule has 12 heteroatoms. The van der Waals surface area contributed by atoms with Crippen LogP contribution in [-0.4, -0.2) is 26.9 Å². The van der Waals surface area contributed by atoms with Gasteiger partial charge >= 0.3 is 11.3 Å². The normalized spacial score (nSPS) is 17.0. The third-order valence-electron chi connectivity index (χ3n) is 4.18. The molecule has 2 aromatic carbocycles. The molecule has 1 heterocycles. The molecule has 1 unspecified atom stereocenters. The number of carbonyl (C=O) groups is 1. The minimum absolute atomic E-state index is 0.200. The number of nitrogens with zero attached hydrogens (tertiary/aromatic N) is 2. The van der Waals surface area contributed by atoms with E-state index in [1.165, 1.54) is 18.2 Å². The number of benzene rings is 2. The van der Waals surface area contributed by atoms with Gasteiger partial charge in [0.05, 0.1) is 22.9 Å². The van der Waals surface area contributed by atoms with Gasteiger partial charge in [-0.3, -0.25) is 10.0 Å². The Balaban J connectivity index is 1.88. The third kappa shape index (κ3) is 3.98. The second-order valence-electron chi connectivity index (χ2n) is 6.31. The lowest BCUT2D eigenvalue weighted by atomic mass is 10.0. The number of hydrogen-bond acceptors (Lipinski definition) is 7. The Morgan fingerprint density at radius 2 is 1.80 bits per heavy atom. The van der Waals surface area contributed by atoms with Gasteiger partial charge in [0.1, 0.15) is 5.82 Å². The van der Waals surface area contributed by atoms with E-state index in [4.69, 9.17) is 15.0 Å². The first-order valence-corrected chi connectivity index (χ1v) is 8.91. The second-order valence-corrected chi connectivity index (χ2v) is 7.52. The zero-order chi connectivity index (χ0) is 22.3. The van der Waals surface area contributed by atoms with Crippen LogP contribution in [0.4, 0.5) is 23.2 Å². The van der Waals surface area contributed by atoms with Crippen LogP contribution in [0.3, 0.4) is 0 Å². The zero-order valence-electron chi connectivity index (χ0n) is 15.0. The molecule has 0 aliphatic carbocycles. The second kappa shape index (κ2) is 7.53. The number of amides is 1. The summed E-state index contributed by atoms with van der Waals surface area (Å²) in [5.74, 6) is -2.00. The van der Waals surface area contributed by atoms with Crippen molar-refractivity contribution in [2.24, 2.45) is 0 Å². The predicted molar refractivity (Wildman–Crippen MR) is 93.2 cm³/mol. The number of thioether (sulfide) groups is 1. The van der Waals surface area contributed by atoms with Gasteiger partial charge < -0.3 is 5.11 Å². The number of hydroxylamine groups is 1. The van der Waals surface area contributed by atoms with Crippen LogP contribution in [0, 0.1) is 17.1 Å². The van der Waals surface area contributed by atoms with E-state index in [1.807, 2.05) is 0 Å². The highest BCUT2D eigenvalue weighted by Gasteiger charge is 2.69. The SMILES string of the molecule is CC(O)(C(=O)N(O)c1ccc(C#N)c(C(F)(F)F)c1)C1(Sc2ccc(F)cc2)OO1. The molecule has 1 aliphatic rings. The third-order valence-corrected chi connectivity index (χ3v) is 5.49. The summed E-state index contributed by atoms with van der Waals surface area (Å²) < 4.78 is 52.4. The summed E-state index contributed by atoms with van der Waals surface area (Å²) >= 11 is 0.684. The fourth-order valence-corrected chi connectivity index (χ4v) is 3.41. The molecule has 1 amide bonds. The van der Waals surface area contributed by atoms with Crippen molar-refractivity contribution in [3.63, 3.8) is 0 Å². The molecular formula is C18H12F4N2O5S. The Hall–Kier alpha value is -2.69. The molecule has 3 rings (SSSR count). The molecule has 0 radical (unpaired) electrons. The molecule has 158 valence electrons. The Morgan fingerprint density at radius 1 is 1.20 bits per heavy atom. The molecule has 2 N–H and O–H groups in total. The van der Waals surface area contributed by atoms with E-state index in [0.29, 0.717) is 22.7 Å². The van der Waals surface area contributed by atoms with Crippen LogP contribution in [0.25, 0.3) is 0 Å². The molecule has 0 saturated carbocycles. The van der Waals surface area contributed by atoms with Gasteiger partial charge in [0.15, 0.2) is 0 Å². The molecular weight excluding hydrogens is 432 g/mol. The van der Waals surface area contributed by atoms with Gasteiger partial charge in [-0.15, -0.1) is 0 Å². The number of rotatable bonds is 5. The lowest BCUT2D eigenvalue weighted by molar-refractivity contribution is -0.145. The average Bonchev–Trinajstić information content (AvgIpc) is 3.48. The van der Waals surface area contributed by atoms with Crippen LogP contribution in [0.1, 0.15) is 18.1 Å². The molecule has 1 saturated heterocycles. The van der Waals surface area contributed by atoms with Crippen LogP contribution in [-0.2, 0) is 20.7 Å². The lowest BCUT2D eigenvalue weighted by Crippen LogP contribution is -2.54. The number of carbonyl (C=O) groups excluding carboxylic acids is 1. The van der Waals surface area contributed by atoms with E-state index in [2.05, 4.69) is 0 Å². The molecule has 0 spiro atoms. The Morgan fingerprint density at radius 3 is 2.30 bits per heavy atom. The van der Waals surface area contributed by atoms with Crippen molar-refractivity contribution in [1.82, 2.24) is 0 Å². The van der Waals surface area contributed by atoms with Crippen molar-refractivity contribution >= 4 is 23.4 Å². The van der Waals surface area contributed by atoms with E-state index in [-0.39, 0.29) is 5.06 Å². The van der Waals surface area contributed by atoms with Crippen molar-refractivity contribution in [3.8, 4) is 6.07 Å². The van der Waals surface area contributed by atoms with Gasteiger partial charge in [-0.2, -0.15) is 33.3 Å². The number of anilines is 1. The first-order chi connectivity index (χ1) is 13.9. The maximum Gasteiger partial charge on any atom is 0.417 e. The molecule has 2 aromatic rings. The fourth-order valence-electron chi connectivity index (χ4n) is 2.44. The van der Waals surface area contributed by atoms with Gasteiger partial charge in [-0.05, 0) is 49.4 Å². The van der Waals surface area contributed by atoms with Crippen molar-refractivity contribution in [2.75, 3.05) is 5.06 Å². The summed E-state index contributed by atoms with van der Waals surface area (Å²) in [5.41, 5.74) is -5.30. The van der Waals surface area contributed by atoms with Crippen molar-refractivity contribution in [2.45, 2.75) is 28.7 Å². The fraction of sp³-hybridized carbons (Fsp3) is 0.222. The highest BCUT2D eigenvalue weighted by atomic mass is 32.2. The van der Waals surface area contributed by atoms with Gasteiger partial charge in [-0.25, -0.2) is 4.39 Å². The van der Waals surface area contributed by atoms with Gasteiger partial charge in [0.25, 0.3) is 5.91 Å². The smallest absolute Gasteiger partial charge is 0.375 e. The summed E-state index contributed by atoms with van der Waals surface area (Å²) in [4.78, 5) is 22.5. The molecule has 1 atom stereocenters. The Labute approximate surface area is 170 Å². The number of alkyl halides is 3. The number of nitriles is 1. The van der Waals surface area contributed by atoms with E-state index >= 15 is 0 Å². The summed E-state index contributed by atoms with van der Waals surface area (Å²) in [7, 11) is 0. The van der Waals surface area contributed by atoms with Gasteiger partial charge in [0.2, 0.25) is 5.60 Å². The maximum atomic E-state index is 13.1. The monoisotopic (exact) mass is 444 g/mol. The summed E-state index contributed by atoms with van der Waals surface area (Å²) in [6.07, 6.45) is -4.92. The van der Waals surface area contributed by atoms with E-state index < -0.39 is 45.4 Å². The van der Waals surface area contributed by atoms with E-state index in [0.717, 1.165) is 31.2 Å². The van der Waals surface area contributed by atoms with Crippen LogP contribution in [0.2, 0.25) is 0 Å². The maximum absolute atomic E-state index is 13.1. The molecule has 30 heavy (non-hydrogen) atoms. The first kappa shape index (κ1) is 22.0. The molecule has 1 aliphatic heterocycles. The van der Waals surface area contributed by atoms with Crippen LogP contribution < -0.4 is 5.06 Å². The van der Waals surface area contributed by atoms with Crippen LogP contribution in [0.15, 0.2) is 47.4 Å². The van der Waals surface area contributed by atoms with Gasteiger partial charge in [0, 0.05) is 4.90 Å². The highest BCUT2D eigenvalue weighted by Crippen LogP contribution is 2.53. The van der Waals surface area contributed by atoms with Gasteiger partial charge in [-0.1, -0.05) is 11.8 Å². The predicted octanol–water partition coefficient (Wildman–Crippen LogP) is 3.60. The van der Waals surface area contributed by atoms with Crippen molar-refractivity contribution in [1.29, 1.82) is 5.26 Å². The van der Waals surface area contributed by atoms with E-state index in [1.54, 1.807) is 0 Å². The van der Waals surface area contributed by atoms with Crippen LogP contribution in [0.5, 0.6) is 0 Å². The largest absolute Gasteiger partial charge is 0.417 e. The lowest BCUT2D eigenvalue weighted by Gasteiger charge is -2.28. The topological polar surface area (TPSA) is 110 Å². The number of hydrogen-bond donors (Lipinski definition) is 2. The summed E-state index contributed by atoms with van der Waals surface area (Å²) in [6.45, 7) is 0.927. The summed E-state index contributed by atoms with van der Waals surface area (Å²) in [6, 6.07) is 8.30. The summed E-state index contributed by atoms with van der Waals surface area (Å²) in [5, 5.41) is 27.5. The minimum Gasteiger partial charge on any atom is -0.375 e. The molecule has 0 bridgehead atoms. The molecule has 0 aromatic heterocycles. The number of aliphatic hydroxyl groups is 1. The molecule has 7 nitrogen and oxygen atoms in total. The average molecular weight is 444 g/mol. The Kier molecular flexibility index (Phi) is 5.52. The van der Waals surface area contributed by atoms with E-state index in [9.17, 15) is 32.7 Å². The molecule has 1 fully saturated rings. The zero-order valence-corrected chi connectivity index (χ0v) is 15.8. The standard InChI is InChI=1S/C18H12F4N2O5S/c1-16(26,18(28-29-18)30-13-6-3-11(19)4-7-13)15(25)24(27)12-5-2-10(9-23)14(8-12)17(20,21)22/h2-8,26-27H,1H3. The highest BCUT2D eigenvalue weighted by molar-refractivity contribution is 8.00.